The van der Waals surface area contributed by atoms with Gasteiger partial charge in [-0.05, 0) is 25.0 Å². The lowest BCUT2D eigenvalue weighted by molar-refractivity contribution is 0.289. The first-order chi connectivity index (χ1) is 9.65. The molecule has 0 aliphatic heterocycles. The van der Waals surface area contributed by atoms with E-state index in [1.54, 1.807) is 6.07 Å². The topological polar surface area (TPSA) is 79.9 Å². The largest absolute Gasteiger partial charge is 0.504 e. The summed E-state index contributed by atoms with van der Waals surface area (Å²) in [6.07, 6.45) is 5.49. The second-order valence-corrected chi connectivity index (χ2v) is 4.24. The molecule has 106 valence electrons. The van der Waals surface area contributed by atoms with E-state index >= 15 is 0 Å². The van der Waals surface area contributed by atoms with Crippen LogP contribution < -0.4 is 10.4 Å². The summed E-state index contributed by atoms with van der Waals surface area (Å²) >= 11 is 0. The second kappa shape index (κ2) is 6.14. The lowest BCUT2D eigenvalue weighted by atomic mass is 10.2. The molecule has 1 aromatic heterocycles. The van der Waals surface area contributed by atoms with Crippen LogP contribution in [0, 0.1) is 0 Å². The first kappa shape index (κ1) is 14.0. The SMILES string of the molecule is CCC=CCCOc1c(O)c2cccc(O)c2oc1=O. The van der Waals surface area contributed by atoms with Crippen molar-refractivity contribution in [1.82, 2.24) is 0 Å². The van der Waals surface area contributed by atoms with Crippen molar-refractivity contribution >= 4 is 11.0 Å². The molecule has 0 radical (unpaired) electrons. The van der Waals surface area contributed by atoms with Crippen LogP contribution >= 0.6 is 0 Å². The molecule has 0 aliphatic carbocycles. The third-order valence-corrected chi connectivity index (χ3v) is 2.78. The highest BCUT2D eigenvalue weighted by molar-refractivity contribution is 5.89. The molecule has 0 saturated carbocycles. The molecule has 0 unspecified atom stereocenters. The van der Waals surface area contributed by atoms with Crippen molar-refractivity contribution in [1.29, 1.82) is 0 Å². The number of benzene rings is 1. The molecule has 2 rings (SSSR count). The Balaban J connectivity index is 2.30. The monoisotopic (exact) mass is 276 g/mol. The van der Waals surface area contributed by atoms with Gasteiger partial charge >= 0.3 is 5.63 Å². The number of aromatic hydroxyl groups is 2. The average molecular weight is 276 g/mol. The lowest BCUT2D eigenvalue weighted by Crippen LogP contribution is -2.08. The first-order valence-corrected chi connectivity index (χ1v) is 6.40. The molecule has 0 saturated heterocycles. The van der Waals surface area contributed by atoms with Gasteiger partial charge in [0.05, 0.1) is 12.0 Å². The molecule has 0 fully saturated rings. The molecule has 2 N–H and O–H groups in total. The average Bonchev–Trinajstić information content (AvgIpc) is 2.43. The van der Waals surface area contributed by atoms with Crippen LogP contribution in [0.5, 0.6) is 17.2 Å². The minimum atomic E-state index is -0.809. The molecule has 0 bridgehead atoms. The van der Waals surface area contributed by atoms with Gasteiger partial charge in [0, 0.05) is 0 Å². The molecule has 2 aromatic rings. The molecule has 5 nitrogen and oxygen atoms in total. The van der Waals surface area contributed by atoms with Crippen LogP contribution in [-0.2, 0) is 0 Å². The van der Waals surface area contributed by atoms with Crippen LogP contribution in [0.4, 0.5) is 0 Å². The predicted octanol–water partition coefficient (Wildman–Crippen LogP) is 2.94. The number of allylic oxidation sites excluding steroid dienone is 1. The molecular weight excluding hydrogens is 260 g/mol. The predicted molar refractivity (Wildman–Crippen MR) is 75.4 cm³/mol. The Kier molecular flexibility index (Phi) is 4.30. The summed E-state index contributed by atoms with van der Waals surface area (Å²) in [6, 6.07) is 4.46. The van der Waals surface area contributed by atoms with Crippen LogP contribution in [0.3, 0.4) is 0 Å². The van der Waals surface area contributed by atoms with Gasteiger partial charge in [0.1, 0.15) is 0 Å². The van der Waals surface area contributed by atoms with Crippen molar-refractivity contribution in [3.8, 4) is 17.2 Å². The molecule has 1 aromatic carbocycles. The number of hydrogen-bond donors (Lipinski definition) is 2. The quantitative estimate of drug-likeness (QED) is 0.498. The van der Waals surface area contributed by atoms with Gasteiger partial charge in [-0.25, -0.2) is 4.79 Å². The zero-order valence-corrected chi connectivity index (χ0v) is 11.1. The third kappa shape index (κ3) is 2.77. The third-order valence-electron chi connectivity index (χ3n) is 2.78. The molecule has 0 amide bonds. The standard InChI is InChI=1S/C15H16O5/c1-2-3-4-5-9-19-14-12(17)10-7-6-8-11(16)13(10)20-15(14)18/h3-4,6-8,16-17H,2,5,9H2,1H3. The molecule has 5 heteroatoms. The van der Waals surface area contributed by atoms with Gasteiger partial charge in [0.25, 0.3) is 0 Å². The highest BCUT2D eigenvalue weighted by atomic mass is 16.5. The van der Waals surface area contributed by atoms with Crippen LogP contribution in [0.1, 0.15) is 19.8 Å². The van der Waals surface area contributed by atoms with Gasteiger partial charge in [0.2, 0.25) is 5.75 Å². The van der Waals surface area contributed by atoms with Gasteiger partial charge in [-0.2, -0.15) is 0 Å². The number of rotatable bonds is 5. The smallest absolute Gasteiger partial charge is 0.383 e. The maximum atomic E-state index is 11.7. The van der Waals surface area contributed by atoms with Crippen molar-refractivity contribution < 1.29 is 19.4 Å². The number of phenols is 1. The van der Waals surface area contributed by atoms with E-state index in [4.69, 9.17) is 9.15 Å². The van der Waals surface area contributed by atoms with Crippen LogP contribution in [0.25, 0.3) is 11.0 Å². The summed E-state index contributed by atoms with van der Waals surface area (Å²) in [5.41, 5.74) is -0.857. The number of fused-ring (bicyclic) bond motifs is 1. The van der Waals surface area contributed by atoms with E-state index in [0.717, 1.165) is 6.42 Å². The normalized spacial score (nSPS) is 11.2. The minimum absolute atomic E-state index is 0.0479. The summed E-state index contributed by atoms with van der Waals surface area (Å²) in [7, 11) is 0. The minimum Gasteiger partial charge on any atom is -0.504 e. The van der Waals surface area contributed by atoms with Gasteiger partial charge < -0.3 is 19.4 Å². The highest BCUT2D eigenvalue weighted by Gasteiger charge is 2.16. The summed E-state index contributed by atoms with van der Waals surface area (Å²) in [5, 5.41) is 19.9. The molecular formula is C15H16O5. The zero-order chi connectivity index (χ0) is 14.5. The van der Waals surface area contributed by atoms with E-state index in [-0.39, 0.29) is 34.8 Å². The summed E-state index contributed by atoms with van der Waals surface area (Å²) < 4.78 is 10.2. The Morgan fingerprint density at radius 3 is 2.85 bits per heavy atom. The van der Waals surface area contributed by atoms with Gasteiger partial charge in [-0.15, -0.1) is 0 Å². The second-order valence-electron chi connectivity index (χ2n) is 4.24. The number of para-hydroxylation sites is 1. The molecule has 20 heavy (non-hydrogen) atoms. The van der Waals surface area contributed by atoms with E-state index in [2.05, 4.69) is 0 Å². The number of phenolic OH excluding ortho intramolecular Hbond substituents is 1. The lowest BCUT2D eigenvalue weighted by Gasteiger charge is -2.08. The Morgan fingerprint density at radius 2 is 2.10 bits per heavy atom. The Hall–Kier alpha value is -2.43. The van der Waals surface area contributed by atoms with Gasteiger partial charge in [-0.1, -0.05) is 25.1 Å². The summed E-state index contributed by atoms with van der Waals surface area (Å²) in [4.78, 5) is 11.7. The maximum absolute atomic E-state index is 11.7. The van der Waals surface area contributed by atoms with Gasteiger partial charge in [0.15, 0.2) is 17.1 Å². The van der Waals surface area contributed by atoms with Crippen molar-refractivity contribution in [2.75, 3.05) is 6.61 Å². The van der Waals surface area contributed by atoms with E-state index in [1.165, 1.54) is 12.1 Å². The van der Waals surface area contributed by atoms with E-state index < -0.39 is 5.63 Å². The Bertz CT molecular complexity index is 684. The molecule has 1 heterocycles. The molecule has 0 atom stereocenters. The Labute approximate surface area is 115 Å². The van der Waals surface area contributed by atoms with Crippen LogP contribution in [-0.4, -0.2) is 16.8 Å². The van der Waals surface area contributed by atoms with E-state index in [9.17, 15) is 15.0 Å². The van der Waals surface area contributed by atoms with Crippen molar-refractivity contribution in [2.24, 2.45) is 0 Å². The zero-order valence-electron chi connectivity index (χ0n) is 11.1. The van der Waals surface area contributed by atoms with E-state index in [0.29, 0.717) is 6.42 Å². The fourth-order valence-corrected chi connectivity index (χ4v) is 1.82. The fraction of sp³-hybridized carbons (Fsp3) is 0.267. The van der Waals surface area contributed by atoms with E-state index in [1.807, 2.05) is 19.1 Å². The fourth-order valence-electron chi connectivity index (χ4n) is 1.82. The number of ether oxygens (including phenoxy) is 1. The van der Waals surface area contributed by atoms with Crippen molar-refractivity contribution in [3.63, 3.8) is 0 Å². The van der Waals surface area contributed by atoms with Gasteiger partial charge in [-0.3, -0.25) is 0 Å². The van der Waals surface area contributed by atoms with Crippen LogP contribution in [0.2, 0.25) is 0 Å². The molecule has 0 aliphatic rings. The molecule has 0 spiro atoms. The number of hydrogen-bond acceptors (Lipinski definition) is 5. The van der Waals surface area contributed by atoms with Crippen molar-refractivity contribution in [3.05, 3.63) is 40.8 Å². The highest BCUT2D eigenvalue weighted by Crippen LogP contribution is 2.34. The summed E-state index contributed by atoms with van der Waals surface area (Å²) in [5.74, 6) is -0.744. The first-order valence-electron chi connectivity index (χ1n) is 6.40. The van der Waals surface area contributed by atoms with Crippen LogP contribution in [0.15, 0.2) is 39.6 Å². The van der Waals surface area contributed by atoms with Crippen molar-refractivity contribution in [2.45, 2.75) is 19.8 Å². The summed E-state index contributed by atoms with van der Waals surface area (Å²) in [6.45, 7) is 2.28. The Morgan fingerprint density at radius 1 is 1.30 bits per heavy atom. The maximum Gasteiger partial charge on any atom is 0.383 e.